The highest BCUT2D eigenvalue weighted by atomic mass is 79.9. The molecule has 1 unspecified atom stereocenters. The highest BCUT2D eigenvalue weighted by Gasteiger charge is 2.37. The van der Waals surface area contributed by atoms with Gasteiger partial charge < -0.3 is 9.47 Å². The summed E-state index contributed by atoms with van der Waals surface area (Å²) in [4.78, 5) is 0. The Hall–Kier alpha value is 0.350. The summed E-state index contributed by atoms with van der Waals surface area (Å²) in [5.74, 6) is 0.442. The Labute approximate surface area is 117 Å². The van der Waals surface area contributed by atoms with Gasteiger partial charge in [0.1, 0.15) is 0 Å². The Morgan fingerprint density at radius 2 is 1.94 bits per heavy atom. The van der Waals surface area contributed by atoms with Crippen LogP contribution in [0.2, 0.25) is 0 Å². The number of hydrogen-bond acceptors (Lipinski definition) is 4. The van der Waals surface area contributed by atoms with E-state index < -0.39 is 9.84 Å². The highest BCUT2D eigenvalue weighted by Crippen LogP contribution is 2.34. The zero-order valence-corrected chi connectivity index (χ0v) is 13.0. The highest BCUT2D eigenvalue weighted by molar-refractivity contribution is 9.09. The summed E-state index contributed by atoms with van der Waals surface area (Å²) in [7, 11) is -3.05. The maximum absolute atomic E-state index is 12.3. The first kappa shape index (κ1) is 14.8. The number of halogens is 1. The third-order valence-electron chi connectivity index (χ3n) is 3.83. The normalized spacial score (nSPS) is 28.4. The molecular weight excluding hydrogens is 320 g/mol. The molecule has 0 spiro atoms. The number of rotatable bonds is 5. The van der Waals surface area contributed by atoms with Gasteiger partial charge in [0, 0.05) is 25.2 Å². The minimum absolute atomic E-state index is 0.0813. The quantitative estimate of drug-likeness (QED) is 0.716. The van der Waals surface area contributed by atoms with Crippen LogP contribution in [-0.4, -0.2) is 51.2 Å². The minimum Gasteiger partial charge on any atom is -0.381 e. The van der Waals surface area contributed by atoms with E-state index >= 15 is 0 Å². The van der Waals surface area contributed by atoms with Crippen LogP contribution in [0.15, 0.2) is 0 Å². The Morgan fingerprint density at radius 1 is 1.22 bits per heavy atom. The topological polar surface area (TPSA) is 52.6 Å². The zero-order valence-electron chi connectivity index (χ0n) is 10.6. The van der Waals surface area contributed by atoms with E-state index in [4.69, 9.17) is 9.47 Å². The molecule has 0 aromatic carbocycles. The van der Waals surface area contributed by atoms with E-state index in [1.807, 2.05) is 0 Å². The van der Waals surface area contributed by atoms with Crippen LogP contribution in [0.25, 0.3) is 0 Å². The first-order chi connectivity index (χ1) is 8.55. The van der Waals surface area contributed by atoms with Crippen LogP contribution in [0, 0.1) is 5.41 Å². The molecule has 0 bridgehead atoms. The van der Waals surface area contributed by atoms with E-state index in [-0.39, 0.29) is 23.0 Å². The SMILES string of the molecule is O=S(=O)(CC1CCCO1)CC1(CBr)CCOCC1. The molecule has 0 aromatic rings. The second-order valence-electron chi connectivity index (χ2n) is 5.44. The number of ether oxygens (including phenoxy) is 2. The van der Waals surface area contributed by atoms with E-state index in [2.05, 4.69) is 15.9 Å². The zero-order chi connectivity index (χ0) is 13.1. The standard InChI is InChI=1S/C12H21BrO4S/c13-9-12(3-6-16-7-4-12)10-18(14,15)8-11-2-1-5-17-11/h11H,1-10H2. The van der Waals surface area contributed by atoms with Gasteiger partial charge in [0.2, 0.25) is 0 Å². The number of alkyl halides is 1. The Kier molecular flexibility index (Phi) is 5.08. The maximum atomic E-state index is 12.3. The third-order valence-corrected chi connectivity index (χ3v) is 6.95. The monoisotopic (exact) mass is 340 g/mol. The first-order valence-electron chi connectivity index (χ1n) is 6.51. The summed E-state index contributed by atoms with van der Waals surface area (Å²) in [6.45, 7) is 2.04. The summed E-state index contributed by atoms with van der Waals surface area (Å²) in [5.41, 5.74) is -0.143. The van der Waals surface area contributed by atoms with Gasteiger partial charge in [-0.25, -0.2) is 8.42 Å². The van der Waals surface area contributed by atoms with E-state index in [1.165, 1.54) is 0 Å². The molecule has 0 saturated carbocycles. The van der Waals surface area contributed by atoms with E-state index in [9.17, 15) is 8.42 Å². The van der Waals surface area contributed by atoms with Crippen molar-refractivity contribution in [2.24, 2.45) is 5.41 Å². The van der Waals surface area contributed by atoms with Crippen LogP contribution in [0.4, 0.5) is 0 Å². The van der Waals surface area contributed by atoms with Crippen molar-refractivity contribution in [2.75, 3.05) is 36.7 Å². The summed E-state index contributed by atoms with van der Waals surface area (Å²) in [5, 5.41) is 0.730. The van der Waals surface area contributed by atoms with Gasteiger partial charge in [-0.2, -0.15) is 0 Å². The van der Waals surface area contributed by atoms with Crippen LogP contribution < -0.4 is 0 Å². The summed E-state index contributed by atoms with van der Waals surface area (Å²) in [6.07, 6.45) is 3.43. The molecule has 18 heavy (non-hydrogen) atoms. The van der Waals surface area contributed by atoms with Crippen LogP contribution in [-0.2, 0) is 19.3 Å². The minimum atomic E-state index is -3.05. The van der Waals surface area contributed by atoms with E-state index in [1.54, 1.807) is 0 Å². The fraction of sp³-hybridized carbons (Fsp3) is 1.00. The molecule has 106 valence electrons. The molecule has 6 heteroatoms. The van der Waals surface area contributed by atoms with Gasteiger partial charge in [0.25, 0.3) is 0 Å². The van der Waals surface area contributed by atoms with Crippen LogP contribution in [0.3, 0.4) is 0 Å². The van der Waals surface area contributed by atoms with Crippen molar-refractivity contribution >= 4 is 25.8 Å². The summed E-state index contributed by atoms with van der Waals surface area (Å²) < 4.78 is 35.3. The van der Waals surface area contributed by atoms with Crippen LogP contribution in [0.5, 0.6) is 0 Å². The molecule has 2 aliphatic rings. The van der Waals surface area contributed by atoms with Crippen molar-refractivity contribution in [1.29, 1.82) is 0 Å². The molecule has 0 aliphatic carbocycles. The molecule has 1 atom stereocenters. The largest absolute Gasteiger partial charge is 0.381 e. The van der Waals surface area contributed by atoms with Crippen molar-refractivity contribution in [2.45, 2.75) is 31.8 Å². The molecule has 2 aliphatic heterocycles. The molecule has 0 N–H and O–H groups in total. The van der Waals surface area contributed by atoms with Crippen LogP contribution in [0.1, 0.15) is 25.7 Å². The molecule has 0 radical (unpaired) electrons. The predicted octanol–water partition coefficient (Wildman–Crippen LogP) is 1.77. The molecule has 2 fully saturated rings. The van der Waals surface area contributed by atoms with Crippen molar-refractivity contribution in [3.63, 3.8) is 0 Å². The van der Waals surface area contributed by atoms with Gasteiger partial charge in [0.15, 0.2) is 9.84 Å². The molecule has 0 aromatic heterocycles. The van der Waals surface area contributed by atoms with Gasteiger partial charge in [-0.05, 0) is 31.1 Å². The second kappa shape index (κ2) is 6.20. The van der Waals surface area contributed by atoms with Gasteiger partial charge in [-0.3, -0.25) is 0 Å². The Morgan fingerprint density at radius 3 is 2.50 bits per heavy atom. The molecule has 2 rings (SSSR count). The number of hydrogen-bond donors (Lipinski definition) is 0. The maximum Gasteiger partial charge on any atom is 0.153 e. The summed E-state index contributed by atoms with van der Waals surface area (Å²) in [6, 6.07) is 0. The van der Waals surface area contributed by atoms with E-state index in [0.717, 1.165) is 31.0 Å². The van der Waals surface area contributed by atoms with Crippen molar-refractivity contribution in [3.8, 4) is 0 Å². The Bertz CT molecular complexity index is 356. The average Bonchev–Trinajstić information content (AvgIpc) is 2.81. The fourth-order valence-corrected chi connectivity index (χ4v) is 6.00. The lowest BCUT2D eigenvalue weighted by Gasteiger charge is -2.35. The number of sulfone groups is 1. The lowest BCUT2D eigenvalue weighted by Crippen LogP contribution is -2.39. The molecular formula is C12H21BrO4S. The lowest BCUT2D eigenvalue weighted by molar-refractivity contribution is 0.0366. The summed E-state index contributed by atoms with van der Waals surface area (Å²) >= 11 is 3.48. The van der Waals surface area contributed by atoms with Crippen molar-refractivity contribution in [1.82, 2.24) is 0 Å². The van der Waals surface area contributed by atoms with Gasteiger partial charge in [-0.1, -0.05) is 15.9 Å². The second-order valence-corrected chi connectivity index (χ2v) is 8.11. The van der Waals surface area contributed by atoms with Crippen molar-refractivity contribution < 1.29 is 17.9 Å². The fourth-order valence-electron chi connectivity index (χ4n) is 2.71. The van der Waals surface area contributed by atoms with Gasteiger partial charge >= 0.3 is 0 Å². The first-order valence-corrected chi connectivity index (χ1v) is 9.45. The van der Waals surface area contributed by atoms with Crippen molar-refractivity contribution in [3.05, 3.63) is 0 Å². The van der Waals surface area contributed by atoms with E-state index in [0.29, 0.717) is 19.8 Å². The molecule has 4 nitrogen and oxygen atoms in total. The Balaban J connectivity index is 1.96. The molecule has 0 amide bonds. The molecule has 2 heterocycles. The average molecular weight is 341 g/mol. The predicted molar refractivity (Wildman–Crippen MR) is 73.9 cm³/mol. The van der Waals surface area contributed by atoms with Gasteiger partial charge in [0.05, 0.1) is 17.6 Å². The molecule has 2 saturated heterocycles. The van der Waals surface area contributed by atoms with Crippen LogP contribution >= 0.6 is 15.9 Å². The third kappa shape index (κ3) is 3.92. The van der Waals surface area contributed by atoms with Gasteiger partial charge in [-0.15, -0.1) is 0 Å². The lowest BCUT2D eigenvalue weighted by atomic mass is 9.85. The smallest absolute Gasteiger partial charge is 0.153 e.